The minimum atomic E-state index is -4.61. The van der Waals surface area contributed by atoms with Crippen LogP contribution in [0.1, 0.15) is 11.3 Å². The number of nitrogens with zero attached hydrogens (tertiary/aromatic N) is 2. The Morgan fingerprint density at radius 2 is 2.00 bits per heavy atom. The van der Waals surface area contributed by atoms with Gasteiger partial charge in [0.25, 0.3) is 0 Å². The van der Waals surface area contributed by atoms with Crippen LogP contribution in [0.25, 0.3) is 11.4 Å². The second-order valence-corrected chi connectivity index (χ2v) is 4.36. The molecule has 2 rings (SSSR count). The molecule has 0 aliphatic carbocycles. The van der Waals surface area contributed by atoms with Crippen LogP contribution in [0, 0.1) is 5.82 Å². The van der Waals surface area contributed by atoms with E-state index in [4.69, 9.17) is 9.84 Å². The van der Waals surface area contributed by atoms with Crippen LogP contribution < -0.4 is 4.74 Å². The molecule has 114 valence electrons. The Kier molecular flexibility index (Phi) is 3.91. The summed E-state index contributed by atoms with van der Waals surface area (Å²) in [6.45, 7) is -0.450. The average Bonchev–Trinajstić information content (AvgIpc) is 2.80. The average molecular weight is 304 g/mol. The molecule has 4 nitrogen and oxygen atoms in total. The first-order valence-corrected chi connectivity index (χ1v) is 5.86. The monoisotopic (exact) mass is 304 g/mol. The van der Waals surface area contributed by atoms with Gasteiger partial charge in [-0.2, -0.15) is 13.2 Å². The summed E-state index contributed by atoms with van der Waals surface area (Å²) in [7, 11) is 2.65. The first kappa shape index (κ1) is 15.3. The third-order valence-electron chi connectivity index (χ3n) is 2.95. The van der Waals surface area contributed by atoms with E-state index in [9.17, 15) is 17.6 Å². The van der Waals surface area contributed by atoms with Crippen molar-refractivity contribution in [3.05, 3.63) is 35.4 Å². The molecular formula is C13H12F4N2O2. The van der Waals surface area contributed by atoms with Gasteiger partial charge in [-0.25, -0.2) is 9.37 Å². The van der Waals surface area contributed by atoms with Crippen LogP contribution in [-0.4, -0.2) is 21.8 Å². The largest absolute Gasteiger partial charge is 0.496 e. The van der Waals surface area contributed by atoms with Crippen molar-refractivity contribution >= 4 is 0 Å². The first-order valence-electron chi connectivity index (χ1n) is 5.86. The van der Waals surface area contributed by atoms with Crippen LogP contribution in [0.2, 0.25) is 0 Å². The Morgan fingerprint density at radius 3 is 2.48 bits per heavy atom. The fraction of sp³-hybridized carbons (Fsp3) is 0.308. The maximum atomic E-state index is 14.0. The van der Waals surface area contributed by atoms with Gasteiger partial charge in [0.15, 0.2) is 5.69 Å². The van der Waals surface area contributed by atoms with E-state index in [0.717, 1.165) is 16.8 Å². The lowest BCUT2D eigenvalue weighted by Gasteiger charge is -2.10. The van der Waals surface area contributed by atoms with Crippen LogP contribution in [0.15, 0.2) is 18.3 Å². The number of halogens is 4. The summed E-state index contributed by atoms with van der Waals surface area (Å²) in [6.07, 6.45) is -3.83. The number of benzene rings is 1. The number of aliphatic hydroxyl groups excluding tert-OH is 1. The molecule has 0 unspecified atom stereocenters. The van der Waals surface area contributed by atoms with Crippen LogP contribution in [0.5, 0.6) is 5.75 Å². The minimum absolute atomic E-state index is 0.137. The van der Waals surface area contributed by atoms with E-state index in [0.29, 0.717) is 0 Å². The minimum Gasteiger partial charge on any atom is -0.496 e. The quantitative estimate of drug-likeness (QED) is 0.887. The van der Waals surface area contributed by atoms with E-state index in [1.807, 2.05) is 0 Å². The Hall–Kier alpha value is -2.09. The third kappa shape index (κ3) is 2.85. The summed E-state index contributed by atoms with van der Waals surface area (Å²) in [5.41, 5.74) is -1.05. The molecule has 1 aromatic heterocycles. The Labute approximate surface area is 117 Å². The zero-order chi connectivity index (χ0) is 15.8. The van der Waals surface area contributed by atoms with Crippen molar-refractivity contribution < 1.29 is 27.4 Å². The van der Waals surface area contributed by atoms with Crippen LogP contribution >= 0.6 is 0 Å². The van der Waals surface area contributed by atoms with Gasteiger partial charge in [0.05, 0.1) is 19.3 Å². The van der Waals surface area contributed by atoms with Crippen molar-refractivity contribution in [2.45, 2.75) is 12.8 Å². The molecular weight excluding hydrogens is 292 g/mol. The molecule has 1 aromatic carbocycles. The standard InChI is InChI=1S/C13H12F4N2O2/c1-19-5-11(13(15,16)17)18-12(19)8-4-10(21-2)7(6-20)3-9(8)14/h3-5,20H,6H2,1-2H3. The summed E-state index contributed by atoms with van der Waals surface area (Å²) < 4.78 is 58.0. The number of aliphatic hydroxyl groups is 1. The fourth-order valence-electron chi connectivity index (χ4n) is 1.93. The SMILES string of the molecule is COc1cc(-c2nc(C(F)(F)F)cn2C)c(F)cc1CO. The van der Waals surface area contributed by atoms with Crippen molar-refractivity contribution in [3.8, 4) is 17.1 Å². The van der Waals surface area contributed by atoms with Gasteiger partial charge in [-0.3, -0.25) is 0 Å². The molecule has 0 bridgehead atoms. The van der Waals surface area contributed by atoms with Gasteiger partial charge in [0.1, 0.15) is 17.4 Å². The number of hydrogen-bond donors (Lipinski definition) is 1. The van der Waals surface area contributed by atoms with Crippen molar-refractivity contribution in [2.75, 3.05) is 7.11 Å². The number of methoxy groups -OCH3 is 1. The molecule has 0 aliphatic heterocycles. The molecule has 1 N–H and O–H groups in total. The highest BCUT2D eigenvalue weighted by Gasteiger charge is 2.35. The zero-order valence-corrected chi connectivity index (χ0v) is 11.2. The lowest BCUT2D eigenvalue weighted by molar-refractivity contribution is -0.140. The smallest absolute Gasteiger partial charge is 0.434 e. The molecule has 0 atom stereocenters. The molecule has 0 amide bonds. The van der Waals surface area contributed by atoms with Gasteiger partial charge in [-0.15, -0.1) is 0 Å². The summed E-state index contributed by atoms with van der Waals surface area (Å²) in [4.78, 5) is 3.42. The van der Waals surface area contributed by atoms with Gasteiger partial charge in [-0.1, -0.05) is 0 Å². The van der Waals surface area contributed by atoms with Crippen LogP contribution in [0.4, 0.5) is 17.6 Å². The van der Waals surface area contributed by atoms with Gasteiger partial charge >= 0.3 is 6.18 Å². The number of ether oxygens (including phenoxy) is 1. The summed E-state index contributed by atoms with van der Waals surface area (Å²) >= 11 is 0. The normalized spacial score (nSPS) is 11.8. The predicted octanol–water partition coefficient (Wildman–Crippen LogP) is 2.75. The second kappa shape index (κ2) is 5.36. The van der Waals surface area contributed by atoms with Gasteiger partial charge < -0.3 is 14.4 Å². The number of hydrogen-bond acceptors (Lipinski definition) is 3. The molecule has 2 aromatic rings. The highest BCUT2D eigenvalue weighted by molar-refractivity contribution is 5.61. The van der Waals surface area contributed by atoms with Crippen LogP contribution in [-0.2, 0) is 19.8 Å². The van der Waals surface area contributed by atoms with Gasteiger partial charge in [-0.05, 0) is 12.1 Å². The fourth-order valence-corrected chi connectivity index (χ4v) is 1.93. The summed E-state index contributed by atoms with van der Waals surface area (Å²) in [6, 6.07) is 2.22. The number of rotatable bonds is 3. The Balaban J connectivity index is 2.59. The number of imidazole rings is 1. The van der Waals surface area contributed by atoms with Crippen LogP contribution in [0.3, 0.4) is 0 Å². The maximum Gasteiger partial charge on any atom is 0.434 e. The van der Waals surface area contributed by atoms with E-state index in [1.54, 1.807) is 0 Å². The van der Waals surface area contributed by atoms with E-state index < -0.39 is 24.3 Å². The lowest BCUT2D eigenvalue weighted by Crippen LogP contribution is -2.05. The molecule has 21 heavy (non-hydrogen) atoms. The number of alkyl halides is 3. The van der Waals surface area contributed by atoms with Crippen molar-refractivity contribution in [1.82, 2.24) is 9.55 Å². The molecule has 8 heteroatoms. The maximum absolute atomic E-state index is 14.0. The summed E-state index contributed by atoms with van der Waals surface area (Å²) in [5.74, 6) is -0.796. The van der Waals surface area contributed by atoms with E-state index in [1.165, 1.54) is 20.2 Å². The van der Waals surface area contributed by atoms with Crippen molar-refractivity contribution in [3.63, 3.8) is 0 Å². The predicted molar refractivity (Wildman–Crippen MR) is 66.1 cm³/mol. The van der Waals surface area contributed by atoms with E-state index in [2.05, 4.69) is 4.98 Å². The van der Waals surface area contributed by atoms with Gasteiger partial charge in [0.2, 0.25) is 0 Å². The zero-order valence-electron chi connectivity index (χ0n) is 11.2. The van der Waals surface area contributed by atoms with Gasteiger partial charge in [0, 0.05) is 18.8 Å². The number of aromatic nitrogens is 2. The molecule has 0 saturated heterocycles. The molecule has 0 spiro atoms. The Morgan fingerprint density at radius 1 is 1.33 bits per heavy atom. The highest BCUT2D eigenvalue weighted by Crippen LogP contribution is 2.33. The highest BCUT2D eigenvalue weighted by atomic mass is 19.4. The van der Waals surface area contributed by atoms with Crippen molar-refractivity contribution in [2.24, 2.45) is 7.05 Å². The molecule has 1 heterocycles. The molecule has 0 aliphatic rings. The summed E-state index contributed by atoms with van der Waals surface area (Å²) in [5, 5.41) is 9.08. The molecule has 0 saturated carbocycles. The lowest BCUT2D eigenvalue weighted by atomic mass is 10.1. The Bertz CT molecular complexity index is 665. The molecule has 0 radical (unpaired) electrons. The first-order chi connectivity index (χ1) is 9.77. The van der Waals surface area contributed by atoms with E-state index >= 15 is 0 Å². The topological polar surface area (TPSA) is 47.3 Å². The second-order valence-electron chi connectivity index (χ2n) is 4.36. The van der Waals surface area contributed by atoms with E-state index in [-0.39, 0.29) is 22.7 Å². The third-order valence-corrected chi connectivity index (χ3v) is 2.95. The van der Waals surface area contributed by atoms with Crippen molar-refractivity contribution in [1.29, 1.82) is 0 Å². The molecule has 0 fully saturated rings. The number of aryl methyl sites for hydroxylation is 1.